The van der Waals surface area contributed by atoms with Gasteiger partial charge in [-0.1, -0.05) is 36.7 Å². The first-order valence-corrected chi connectivity index (χ1v) is 7.71. The highest BCUT2D eigenvalue weighted by Gasteiger charge is 2.02. The van der Waals surface area contributed by atoms with Crippen molar-refractivity contribution in [2.45, 2.75) is 13.3 Å². The molecule has 0 aliphatic carbocycles. The molecule has 2 aromatic carbocycles. The first kappa shape index (κ1) is 14.6. The van der Waals surface area contributed by atoms with Crippen molar-refractivity contribution >= 4 is 23.5 Å². The van der Waals surface area contributed by atoms with Crippen molar-refractivity contribution in [1.82, 2.24) is 4.57 Å². The second-order valence-corrected chi connectivity index (χ2v) is 5.46. The molecule has 0 saturated carbocycles. The summed E-state index contributed by atoms with van der Waals surface area (Å²) in [5.74, 6) is 0. The zero-order valence-electron chi connectivity index (χ0n) is 12.4. The van der Waals surface area contributed by atoms with Gasteiger partial charge in [0.2, 0.25) is 0 Å². The van der Waals surface area contributed by atoms with Crippen molar-refractivity contribution in [2.75, 3.05) is 0 Å². The number of para-hydroxylation sites is 1. The van der Waals surface area contributed by atoms with Crippen molar-refractivity contribution in [1.29, 1.82) is 0 Å². The maximum absolute atomic E-state index is 5.95. The summed E-state index contributed by atoms with van der Waals surface area (Å²) < 4.78 is 2.09. The maximum atomic E-state index is 5.95. The van der Waals surface area contributed by atoms with E-state index in [0.29, 0.717) is 0 Å². The molecule has 3 heteroatoms. The normalized spacial score (nSPS) is 11.2. The lowest BCUT2D eigenvalue weighted by Gasteiger charge is -2.06. The molecule has 0 amide bonds. The van der Waals surface area contributed by atoms with E-state index >= 15 is 0 Å². The fourth-order valence-corrected chi connectivity index (χ4v) is 2.53. The largest absolute Gasteiger partial charge is 0.316 e. The third-order valence-corrected chi connectivity index (χ3v) is 3.85. The van der Waals surface area contributed by atoms with Gasteiger partial charge in [0.1, 0.15) is 0 Å². The van der Waals surface area contributed by atoms with Crippen LogP contribution in [0.25, 0.3) is 5.69 Å². The Hall–Kier alpha value is -2.32. The lowest BCUT2D eigenvalue weighted by atomic mass is 10.1. The quantitative estimate of drug-likeness (QED) is 0.571. The van der Waals surface area contributed by atoms with Gasteiger partial charge < -0.3 is 4.57 Å². The summed E-state index contributed by atoms with van der Waals surface area (Å²) in [5.41, 5.74) is 4.38. The highest BCUT2D eigenvalue weighted by molar-refractivity contribution is 6.30. The minimum absolute atomic E-state index is 0.739. The van der Waals surface area contributed by atoms with Crippen LogP contribution in [-0.2, 0) is 6.42 Å². The SMILES string of the molecule is CCc1ccccc1N=Cc1cccn1-c1ccc(Cl)cc1. The fourth-order valence-electron chi connectivity index (χ4n) is 2.41. The minimum atomic E-state index is 0.739. The molecular weight excluding hydrogens is 292 g/mol. The van der Waals surface area contributed by atoms with Gasteiger partial charge in [-0.25, -0.2) is 0 Å². The van der Waals surface area contributed by atoms with Crippen LogP contribution in [0.1, 0.15) is 18.2 Å². The molecule has 0 N–H and O–H groups in total. The van der Waals surface area contributed by atoms with E-state index in [2.05, 4.69) is 22.5 Å². The monoisotopic (exact) mass is 308 g/mol. The van der Waals surface area contributed by atoms with Crippen molar-refractivity contribution in [3.63, 3.8) is 0 Å². The Morgan fingerprint density at radius 2 is 1.77 bits per heavy atom. The molecule has 3 aromatic rings. The Morgan fingerprint density at radius 1 is 1.00 bits per heavy atom. The van der Waals surface area contributed by atoms with Gasteiger partial charge in [-0.3, -0.25) is 4.99 Å². The van der Waals surface area contributed by atoms with Gasteiger partial charge >= 0.3 is 0 Å². The highest BCUT2D eigenvalue weighted by atomic mass is 35.5. The van der Waals surface area contributed by atoms with Gasteiger partial charge in [-0.2, -0.15) is 0 Å². The number of nitrogens with zero attached hydrogens (tertiary/aromatic N) is 2. The molecule has 0 aliphatic heterocycles. The number of hydrogen-bond acceptors (Lipinski definition) is 1. The highest BCUT2D eigenvalue weighted by Crippen LogP contribution is 2.20. The van der Waals surface area contributed by atoms with E-state index in [4.69, 9.17) is 11.6 Å². The van der Waals surface area contributed by atoms with Crippen LogP contribution in [-0.4, -0.2) is 10.8 Å². The molecule has 1 heterocycles. The maximum Gasteiger partial charge on any atom is 0.0662 e. The van der Waals surface area contributed by atoms with E-state index in [1.807, 2.05) is 67.0 Å². The van der Waals surface area contributed by atoms with Gasteiger partial charge in [0.25, 0.3) is 0 Å². The molecule has 0 spiro atoms. The van der Waals surface area contributed by atoms with Crippen molar-refractivity contribution in [3.05, 3.63) is 83.1 Å². The number of hydrogen-bond donors (Lipinski definition) is 0. The molecule has 3 rings (SSSR count). The Kier molecular flexibility index (Phi) is 4.40. The summed E-state index contributed by atoms with van der Waals surface area (Å²) in [6.07, 6.45) is 4.91. The molecule has 0 atom stereocenters. The lowest BCUT2D eigenvalue weighted by molar-refractivity contribution is 1.07. The van der Waals surface area contributed by atoms with Gasteiger partial charge in [0.15, 0.2) is 0 Å². The van der Waals surface area contributed by atoms with Crippen LogP contribution in [0.4, 0.5) is 5.69 Å². The van der Waals surface area contributed by atoms with Crippen LogP contribution in [0, 0.1) is 0 Å². The van der Waals surface area contributed by atoms with Gasteiger partial charge in [0.05, 0.1) is 17.6 Å². The third kappa shape index (κ3) is 3.12. The number of aliphatic imine (C=N–C) groups is 1. The van der Waals surface area contributed by atoms with Crippen LogP contribution < -0.4 is 0 Å². The van der Waals surface area contributed by atoms with E-state index in [0.717, 1.165) is 28.5 Å². The Balaban J connectivity index is 1.92. The first-order valence-electron chi connectivity index (χ1n) is 7.33. The van der Waals surface area contributed by atoms with E-state index in [-0.39, 0.29) is 0 Å². The second kappa shape index (κ2) is 6.63. The molecule has 1 aromatic heterocycles. The first-order chi connectivity index (χ1) is 10.8. The molecule has 110 valence electrons. The van der Waals surface area contributed by atoms with E-state index in [1.54, 1.807) is 0 Å². The van der Waals surface area contributed by atoms with Crippen molar-refractivity contribution < 1.29 is 0 Å². The van der Waals surface area contributed by atoms with Crippen LogP contribution >= 0.6 is 11.6 Å². The molecular formula is C19H17ClN2. The number of halogens is 1. The molecule has 0 fully saturated rings. The van der Waals surface area contributed by atoms with Crippen LogP contribution in [0.3, 0.4) is 0 Å². The van der Waals surface area contributed by atoms with Crippen LogP contribution in [0.2, 0.25) is 5.02 Å². The zero-order chi connectivity index (χ0) is 15.4. The van der Waals surface area contributed by atoms with Gasteiger partial charge in [-0.05, 0) is 54.4 Å². The average Bonchev–Trinajstić information content (AvgIpc) is 3.02. The van der Waals surface area contributed by atoms with E-state index in [1.165, 1.54) is 5.56 Å². The van der Waals surface area contributed by atoms with Crippen molar-refractivity contribution in [3.8, 4) is 5.69 Å². The van der Waals surface area contributed by atoms with Gasteiger partial charge in [0, 0.05) is 16.9 Å². The van der Waals surface area contributed by atoms with Crippen LogP contribution in [0.5, 0.6) is 0 Å². The fraction of sp³-hybridized carbons (Fsp3) is 0.105. The number of aryl methyl sites for hydroxylation is 1. The van der Waals surface area contributed by atoms with E-state index < -0.39 is 0 Å². The Labute approximate surface area is 135 Å². The van der Waals surface area contributed by atoms with Gasteiger partial charge in [-0.15, -0.1) is 0 Å². The molecule has 0 aliphatic rings. The van der Waals surface area contributed by atoms with Crippen LogP contribution in [0.15, 0.2) is 71.9 Å². The predicted molar refractivity (Wildman–Crippen MR) is 93.9 cm³/mol. The smallest absolute Gasteiger partial charge is 0.0662 e. The summed E-state index contributed by atoms with van der Waals surface area (Å²) in [4.78, 5) is 4.65. The summed E-state index contributed by atoms with van der Waals surface area (Å²) >= 11 is 5.95. The number of aromatic nitrogens is 1. The zero-order valence-corrected chi connectivity index (χ0v) is 13.2. The number of benzene rings is 2. The number of rotatable bonds is 4. The van der Waals surface area contributed by atoms with Crippen molar-refractivity contribution in [2.24, 2.45) is 4.99 Å². The standard InChI is InChI=1S/C19H17ClN2/c1-2-15-6-3-4-8-19(15)21-14-18-7-5-13-22(18)17-11-9-16(20)10-12-17/h3-14H,2H2,1H3. The predicted octanol–water partition coefficient (Wildman–Crippen LogP) is 5.44. The molecule has 2 nitrogen and oxygen atoms in total. The summed E-state index contributed by atoms with van der Waals surface area (Å²) in [5, 5.41) is 0.739. The van der Waals surface area contributed by atoms with E-state index in [9.17, 15) is 0 Å². The molecule has 22 heavy (non-hydrogen) atoms. The minimum Gasteiger partial charge on any atom is -0.316 e. The Bertz CT molecular complexity index is 785. The Morgan fingerprint density at radius 3 is 2.55 bits per heavy atom. The summed E-state index contributed by atoms with van der Waals surface area (Å²) in [6.45, 7) is 2.14. The topological polar surface area (TPSA) is 17.3 Å². The molecule has 0 unspecified atom stereocenters. The second-order valence-electron chi connectivity index (χ2n) is 5.02. The lowest BCUT2D eigenvalue weighted by Crippen LogP contribution is -1.97. The summed E-state index contributed by atoms with van der Waals surface area (Å²) in [6, 6.07) is 20.1. The summed E-state index contributed by atoms with van der Waals surface area (Å²) in [7, 11) is 0. The molecule has 0 bridgehead atoms. The average molecular weight is 309 g/mol. The molecule has 0 radical (unpaired) electrons. The third-order valence-electron chi connectivity index (χ3n) is 3.59. The molecule has 0 saturated heterocycles.